The minimum atomic E-state index is -0.270. The number of hydrogen-bond donors (Lipinski definition) is 1. The number of aliphatic hydroxyl groups excluding tert-OH is 1. The largest absolute Gasteiger partial charge is 0.393 e. The molecule has 0 aromatic rings. The van der Waals surface area contributed by atoms with Crippen LogP contribution < -0.4 is 0 Å². The van der Waals surface area contributed by atoms with E-state index in [4.69, 9.17) is 4.74 Å². The van der Waals surface area contributed by atoms with Gasteiger partial charge in [0, 0.05) is 12.8 Å². The lowest BCUT2D eigenvalue weighted by Crippen LogP contribution is -2.47. The summed E-state index contributed by atoms with van der Waals surface area (Å²) in [6.45, 7) is 7.97. The fourth-order valence-corrected chi connectivity index (χ4v) is 3.70. The highest BCUT2D eigenvalue weighted by Crippen LogP contribution is 2.67. The van der Waals surface area contributed by atoms with Crippen molar-refractivity contribution in [3.05, 3.63) is 0 Å². The van der Waals surface area contributed by atoms with Crippen molar-refractivity contribution in [3.8, 4) is 0 Å². The summed E-state index contributed by atoms with van der Waals surface area (Å²) < 4.78 is 5.98. The van der Waals surface area contributed by atoms with Gasteiger partial charge in [-0.3, -0.25) is 0 Å². The van der Waals surface area contributed by atoms with Crippen LogP contribution in [0.1, 0.15) is 53.4 Å². The first-order valence-corrected chi connectivity index (χ1v) is 6.10. The minimum Gasteiger partial charge on any atom is -0.393 e. The van der Waals surface area contributed by atoms with Crippen molar-refractivity contribution >= 4 is 5.78 Å². The molecule has 0 aromatic carbocycles. The fourth-order valence-electron chi connectivity index (χ4n) is 3.70. The normalized spacial score (nSPS) is 44.9. The van der Waals surface area contributed by atoms with E-state index in [0.717, 1.165) is 12.8 Å². The molecule has 92 valence electrons. The Morgan fingerprint density at radius 1 is 1.38 bits per heavy atom. The molecule has 0 radical (unpaired) electrons. The standard InChI is InChI=1S/C13H22O3/c1-9(14)5-6-13-11(2,3)7-10(15)8-12(13,4)16-13/h10,15H,5-8H2,1-4H3. The Kier molecular flexibility index (Phi) is 2.48. The van der Waals surface area contributed by atoms with Gasteiger partial charge in [-0.25, -0.2) is 0 Å². The van der Waals surface area contributed by atoms with E-state index in [1.165, 1.54) is 0 Å². The van der Waals surface area contributed by atoms with Gasteiger partial charge in [0.15, 0.2) is 0 Å². The molecule has 3 nitrogen and oxygen atoms in total. The molecule has 1 N–H and O–H groups in total. The highest BCUT2D eigenvalue weighted by molar-refractivity contribution is 5.75. The molecule has 1 saturated heterocycles. The summed E-state index contributed by atoms with van der Waals surface area (Å²) in [5, 5.41) is 9.85. The molecular formula is C13H22O3. The van der Waals surface area contributed by atoms with Gasteiger partial charge in [0.2, 0.25) is 0 Å². The highest BCUT2D eigenvalue weighted by Gasteiger charge is 2.75. The number of hydrogen-bond acceptors (Lipinski definition) is 3. The van der Waals surface area contributed by atoms with Crippen molar-refractivity contribution in [1.29, 1.82) is 0 Å². The maximum absolute atomic E-state index is 11.1. The van der Waals surface area contributed by atoms with Gasteiger partial charge >= 0.3 is 0 Å². The molecule has 2 fully saturated rings. The Morgan fingerprint density at radius 3 is 2.50 bits per heavy atom. The van der Waals surface area contributed by atoms with E-state index in [2.05, 4.69) is 20.8 Å². The quantitative estimate of drug-likeness (QED) is 0.749. The Morgan fingerprint density at radius 2 is 2.00 bits per heavy atom. The van der Waals surface area contributed by atoms with Gasteiger partial charge in [-0.05, 0) is 32.1 Å². The minimum absolute atomic E-state index is 0.0468. The van der Waals surface area contributed by atoms with Crippen LogP contribution in [0.5, 0.6) is 0 Å². The number of fused-ring (bicyclic) bond motifs is 1. The molecule has 16 heavy (non-hydrogen) atoms. The van der Waals surface area contributed by atoms with E-state index >= 15 is 0 Å². The average Bonchev–Trinajstić information content (AvgIpc) is 2.67. The zero-order valence-electron chi connectivity index (χ0n) is 10.7. The Labute approximate surface area is 97.2 Å². The Hall–Kier alpha value is -0.410. The van der Waals surface area contributed by atoms with Crippen LogP contribution in [0, 0.1) is 5.41 Å². The van der Waals surface area contributed by atoms with Crippen LogP contribution in [-0.4, -0.2) is 28.2 Å². The molecule has 1 saturated carbocycles. The van der Waals surface area contributed by atoms with Gasteiger partial charge in [-0.2, -0.15) is 0 Å². The van der Waals surface area contributed by atoms with Crippen LogP contribution in [0.3, 0.4) is 0 Å². The van der Waals surface area contributed by atoms with Gasteiger partial charge in [0.25, 0.3) is 0 Å². The maximum Gasteiger partial charge on any atom is 0.129 e. The number of aliphatic hydroxyl groups is 1. The third-order valence-electron chi connectivity index (χ3n) is 4.51. The summed E-state index contributed by atoms with van der Waals surface area (Å²) in [7, 11) is 0. The number of ketones is 1. The zero-order valence-corrected chi connectivity index (χ0v) is 10.7. The van der Waals surface area contributed by atoms with E-state index in [-0.39, 0.29) is 28.5 Å². The molecule has 0 spiro atoms. The lowest BCUT2D eigenvalue weighted by Gasteiger charge is -2.40. The smallest absolute Gasteiger partial charge is 0.129 e. The molecule has 1 heterocycles. The van der Waals surface area contributed by atoms with E-state index in [1.807, 2.05) is 0 Å². The molecule has 2 aliphatic rings. The predicted octanol–water partition coefficient (Wildman–Crippen LogP) is 2.06. The molecule has 2 rings (SSSR count). The number of epoxide rings is 1. The number of carbonyl (C=O) groups is 1. The summed E-state index contributed by atoms with van der Waals surface area (Å²) in [6, 6.07) is 0. The molecule has 0 amide bonds. The SMILES string of the molecule is CC(=O)CCC12OC1(C)CC(O)CC2(C)C. The van der Waals surface area contributed by atoms with Crippen LogP contribution in [0.25, 0.3) is 0 Å². The second-order valence-corrected chi connectivity index (χ2v) is 6.31. The van der Waals surface area contributed by atoms with Crippen molar-refractivity contribution in [2.24, 2.45) is 5.41 Å². The Balaban J connectivity index is 2.17. The summed E-state index contributed by atoms with van der Waals surface area (Å²) >= 11 is 0. The van der Waals surface area contributed by atoms with Crippen LogP contribution in [0.2, 0.25) is 0 Å². The summed E-state index contributed by atoms with van der Waals surface area (Å²) in [4.78, 5) is 11.1. The number of rotatable bonds is 3. The first-order chi connectivity index (χ1) is 7.22. The van der Waals surface area contributed by atoms with Crippen LogP contribution in [0.15, 0.2) is 0 Å². The van der Waals surface area contributed by atoms with Crippen molar-refractivity contribution in [3.63, 3.8) is 0 Å². The molecule has 1 aliphatic carbocycles. The zero-order chi connectivity index (χ0) is 12.2. The van der Waals surface area contributed by atoms with E-state index in [0.29, 0.717) is 12.8 Å². The molecule has 0 bridgehead atoms. The summed E-state index contributed by atoms with van der Waals surface area (Å²) in [6.07, 6.45) is 2.57. The second kappa shape index (κ2) is 3.30. The monoisotopic (exact) mass is 226 g/mol. The lowest BCUT2D eigenvalue weighted by molar-refractivity contribution is -0.117. The fraction of sp³-hybridized carbons (Fsp3) is 0.923. The first kappa shape index (κ1) is 12.1. The molecule has 3 heteroatoms. The van der Waals surface area contributed by atoms with E-state index < -0.39 is 0 Å². The van der Waals surface area contributed by atoms with Crippen LogP contribution in [0.4, 0.5) is 0 Å². The van der Waals surface area contributed by atoms with Crippen LogP contribution in [-0.2, 0) is 9.53 Å². The van der Waals surface area contributed by atoms with Gasteiger partial charge < -0.3 is 14.6 Å². The Bertz CT molecular complexity index is 323. The first-order valence-electron chi connectivity index (χ1n) is 6.10. The molecule has 1 aliphatic heterocycles. The van der Waals surface area contributed by atoms with Crippen molar-refractivity contribution in [2.75, 3.05) is 0 Å². The number of Topliss-reactive ketones (excluding diaryl/α,β-unsaturated/α-hetero) is 1. The third-order valence-corrected chi connectivity index (χ3v) is 4.51. The second-order valence-electron chi connectivity index (χ2n) is 6.31. The molecule has 3 atom stereocenters. The van der Waals surface area contributed by atoms with Gasteiger partial charge in [0.1, 0.15) is 11.4 Å². The topological polar surface area (TPSA) is 49.8 Å². The van der Waals surface area contributed by atoms with E-state index in [1.54, 1.807) is 6.92 Å². The van der Waals surface area contributed by atoms with Gasteiger partial charge in [-0.15, -0.1) is 0 Å². The van der Waals surface area contributed by atoms with Crippen molar-refractivity contribution in [2.45, 2.75) is 70.7 Å². The van der Waals surface area contributed by atoms with Gasteiger partial charge in [-0.1, -0.05) is 13.8 Å². The molecular weight excluding hydrogens is 204 g/mol. The lowest BCUT2D eigenvalue weighted by atomic mass is 9.61. The van der Waals surface area contributed by atoms with E-state index in [9.17, 15) is 9.90 Å². The average molecular weight is 226 g/mol. The third kappa shape index (κ3) is 1.52. The predicted molar refractivity (Wildman–Crippen MR) is 61.2 cm³/mol. The molecule has 0 aromatic heterocycles. The maximum atomic E-state index is 11.1. The van der Waals surface area contributed by atoms with Crippen molar-refractivity contribution in [1.82, 2.24) is 0 Å². The van der Waals surface area contributed by atoms with Crippen molar-refractivity contribution < 1.29 is 14.6 Å². The van der Waals surface area contributed by atoms with Gasteiger partial charge in [0.05, 0.1) is 11.7 Å². The number of ether oxygens (including phenoxy) is 1. The van der Waals surface area contributed by atoms with Crippen LogP contribution >= 0.6 is 0 Å². The number of carbonyl (C=O) groups excluding carboxylic acids is 1. The molecule has 3 unspecified atom stereocenters. The highest BCUT2D eigenvalue weighted by atomic mass is 16.6. The summed E-state index contributed by atoms with van der Waals surface area (Å²) in [5.41, 5.74) is -0.455. The summed E-state index contributed by atoms with van der Waals surface area (Å²) in [5.74, 6) is 0.217.